The lowest BCUT2D eigenvalue weighted by molar-refractivity contribution is -0.360. The molecular weight excluding hydrogens is 378 g/mol. The summed E-state index contributed by atoms with van der Waals surface area (Å²) in [5, 5.41) is 10.2. The van der Waals surface area contributed by atoms with E-state index in [-0.39, 0.29) is 6.42 Å². The third-order valence-electron chi connectivity index (χ3n) is 3.51. The highest BCUT2D eigenvalue weighted by Crippen LogP contribution is 1.98. The van der Waals surface area contributed by atoms with Crippen molar-refractivity contribution in [1.29, 1.82) is 0 Å². The first-order valence-electron chi connectivity index (χ1n) is 10.7. The molecule has 0 atom stereocenters. The number of allylic oxidation sites excluding steroid dienone is 12. The zero-order valence-electron chi connectivity index (χ0n) is 18.2. The molecule has 0 aromatic carbocycles. The molecule has 0 aromatic heterocycles. The van der Waals surface area contributed by atoms with Crippen LogP contribution in [0.2, 0.25) is 0 Å². The van der Waals surface area contributed by atoms with Crippen LogP contribution in [0.4, 0.5) is 0 Å². The third-order valence-corrected chi connectivity index (χ3v) is 3.82. The number of carboxylic acid groups (broad SMARTS) is 1. The Morgan fingerprint density at radius 3 is 1.41 bits per heavy atom. The number of hydrogen-bond donors (Lipinski definition) is 2. The molecule has 0 spiro atoms. The average molecular weight is 420 g/mol. The van der Waals surface area contributed by atoms with E-state index in [9.17, 15) is 9.90 Å². The average Bonchev–Trinajstić information content (AvgIpc) is 2.72. The molecule has 0 saturated heterocycles. The van der Waals surface area contributed by atoms with Crippen molar-refractivity contribution in [3.63, 3.8) is 0 Å². The topological polar surface area (TPSA) is 67.8 Å². The van der Waals surface area contributed by atoms with Crippen molar-refractivity contribution >= 4 is 18.6 Å². The highest BCUT2D eigenvalue weighted by molar-refractivity contribution is 7.80. The second-order valence-electron chi connectivity index (χ2n) is 6.26. The van der Waals surface area contributed by atoms with Crippen LogP contribution in [0.15, 0.2) is 72.9 Å². The van der Waals surface area contributed by atoms with Crippen molar-refractivity contribution in [3.05, 3.63) is 72.9 Å². The van der Waals surface area contributed by atoms with Gasteiger partial charge >= 0.3 is 0 Å². The molecule has 0 bridgehead atoms. The van der Waals surface area contributed by atoms with Crippen LogP contribution in [0.5, 0.6) is 0 Å². The van der Waals surface area contributed by atoms with E-state index in [2.05, 4.69) is 92.1 Å². The van der Waals surface area contributed by atoms with E-state index in [0.29, 0.717) is 6.42 Å². The first-order valence-corrected chi connectivity index (χ1v) is 11.3. The Labute approximate surface area is 184 Å². The molecule has 0 radical (unpaired) electrons. The summed E-state index contributed by atoms with van der Waals surface area (Å²) in [6.07, 6.45) is 33.5. The SMILES string of the molecule is CC/C=C\C/C=C\C/C=C\C/C=C\C/C=C\C/C=C\CCCC(=O)[O-].[NH3+]CCS. The van der Waals surface area contributed by atoms with Crippen LogP contribution in [0.1, 0.15) is 64.7 Å². The summed E-state index contributed by atoms with van der Waals surface area (Å²) in [7, 11) is 0. The van der Waals surface area contributed by atoms with Crippen LogP contribution in [0, 0.1) is 0 Å². The lowest BCUT2D eigenvalue weighted by Crippen LogP contribution is -2.51. The Kier molecular flexibility index (Phi) is 28.8. The highest BCUT2D eigenvalue weighted by Gasteiger charge is 1.84. The van der Waals surface area contributed by atoms with Gasteiger partial charge in [0.15, 0.2) is 0 Å². The summed E-state index contributed by atoms with van der Waals surface area (Å²) >= 11 is 3.86. The van der Waals surface area contributed by atoms with Gasteiger partial charge in [0.05, 0.1) is 6.54 Å². The van der Waals surface area contributed by atoms with Crippen LogP contribution in [0.25, 0.3) is 0 Å². The van der Waals surface area contributed by atoms with Gasteiger partial charge in [-0.25, -0.2) is 0 Å². The van der Waals surface area contributed by atoms with E-state index < -0.39 is 5.97 Å². The lowest BCUT2D eigenvalue weighted by atomic mass is 10.2. The number of hydrogen-bond acceptors (Lipinski definition) is 3. The van der Waals surface area contributed by atoms with Crippen molar-refractivity contribution in [2.45, 2.75) is 64.7 Å². The van der Waals surface area contributed by atoms with Crippen molar-refractivity contribution in [1.82, 2.24) is 0 Å². The molecule has 0 aromatic rings. The summed E-state index contributed by atoms with van der Waals surface area (Å²) < 4.78 is 0. The molecule has 0 unspecified atom stereocenters. The van der Waals surface area contributed by atoms with Gasteiger partial charge in [-0.1, -0.05) is 79.8 Å². The summed E-state index contributed by atoms with van der Waals surface area (Å²) in [6.45, 7) is 3.08. The summed E-state index contributed by atoms with van der Waals surface area (Å²) in [4.78, 5) is 10.2. The molecule has 0 amide bonds. The maximum Gasteiger partial charge on any atom is 0.0829 e. The van der Waals surface area contributed by atoms with Crippen LogP contribution in [-0.2, 0) is 4.79 Å². The first-order chi connectivity index (χ1) is 14.2. The van der Waals surface area contributed by atoms with Crippen molar-refractivity contribution in [3.8, 4) is 0 Å². The van der Waals surface area contributed by atoms with Gasteiger partial charge in [-0.3, -0.25) is 0 Å². The molecule has 0 aliphatic heterocycles. The Morgan fingerprint density at radius 2 is 1.10 bits per heavy atom. The fourth-order valence-corrected chi connectivity index (χ4v) is 2.00. The second-order valence-corrected chi connectivity index (χ2v) is 6.70. The smallest absolute Gasteiger partial charge is 0.0829 e. The van der Waals surface area contributed by atoms with Gasteiger partial charge in [-0.2, -0.15) is 12.6 Å². The molecule has 0 saturated carbocycles. The maximum absolute atomic E-state index is 10.2. The van der Waals surface area contributed by atoms with E-state index in [1.807, 2.05) is 6.08 Å². The van der Waals surface area contributed by atoms with Crippen LogP contribution in [-0.4, -0.2) is 18.3 Å². The van der Waals surface area contributed by atoms with Crippen molar-refractivity contribution in [2.24, 2.45) is 0 Å². The Bertz CT molecular complexity index is 515. The number of carboxylic acids is 1. The number of rotatable bonds is 16. The number of quaternary nitrogens is 1. The molecule has 0 aliphatic rings. The number of aliphatic carboxylic acids is 1. The van der Waals surface area contributed by atoms with E-state index in [4.69, 9.17) is 0 Å². The van der Waals surface area contributed by atoms with E-state index in [1.165, 1.54) is 0 Å². The predicted octanol–water partition coefficient (Wildman–Crippen LogP) is 4.76. The zero-order valence-corrected chi connectivity index (χ0v) is 19.1. The fraction of sp³-hybridized carbons (Fsp3) is 0.480. The zero-order chi connectivity index (χ0) is 21.8. The van der Waals surface area contributed by atoms with Crippen LogP contribution >= 0.6 is 12.6 Å². The molecule has 29 heavy (non-hydrogen) atoms. The number of thiol groups is 1. The minimum absolute atomic E-state index is 0.145. The van der Waals surface area contributed by atoms with Gasteiger partial charge in [0.1, 0.15) is 0 Å². The standard InChI is InChI=1S/C23H34O2.C2H7NS/c1-2-3-4-5-6-7-8-9-10-11-12-13-14-15-16-17-18-19-20-21-22-23(24)25;3-1-2-4/h3-4,6-7,9-10,12-13,15-16,18-19H,2,5,8,11,14,17,20-22H2,1H3,(H,24,25);4H,1-3H2/b4-3-,7-6-,10-9-,13-12-,16-15-,19-18-;. The fourth-order valence-electron chi connectivity index (χ4n) is 2.00. The van der Waals surface area contributed by atoms with Gasteiger partial charge in [-0.05, 0) is 57.8 Å². The lowest BCUT2D eigenvalue weighted by Gasteiger charge is -1.97. The molecule has 0 rings (SSSR count). The molecule has 0 heterocycles. The maximum atomic E-state index is 10.2. The number of carbonyl (C=O) groups excluding carboxylic acids is 1. The van der Waals surface area contributed by atoms with Gasteiger partial charge < -0.3 is 15.6 Å². The summed E-state index contributed by atoms with van der Waals surface area (Å²) in [6, 6.07) is 0. The molecule has 3 N–H and O–H groups in total. The second kappa shape index (κ2) is 28.4. The molecule has 3 nitrogen and oxygen atoms in total. The van der Waals surface area contributed by atoms with Crippen molar-refractivity contribution < 1.29 is 15.6 Å². The molecular formula is C25H41NO2S. The van der Waals surface area contributed by atoms with E-state index in [0.717, 1.165) is 57.2 Å². The normalized spacial score (nSPS) is 12.2. The molecule has 164 valence electrons. The summed E-state index contributed by atoms with van der Waals surface area (Å²) in [5.74, 6) is -0.0637. The Hall–Kier alpha value is -1.78. The Morgan fingerprint density at radius 1 is 0.759 bits per heavy atom. The van der Waals surface area contributed by atoms with E-state index in [1.54, 1.807) is 0 Å². The minimum atomic E-state index is -0.966. The summed E-state index contributed by atoms with van der Waals surface area (Å²) in [5.41, 5.74) is 3.53. The van der Waals surface area contributed by atoms with Gasteiger partial charge in [0.2, 0.25) is 0 Å². The van der Waals surface area contributed by atoms with Crippen LogP contribution < -0.4 is 10.8 Å². The quantitative estimate of drug-likeness (QED) is 0.215. The number of carbonyl (C=O) groups is 1. The predicted molar refractivity (Wildman–Crippen MR) is 129 cm³/mol. The minimum Gasteiger partial charge on any atom is -0.550 e. The highest BCUT2D eigenvalue weighted by atomic mass is 32.1. The Balaban J connectivity index is 0. The monoisotopic (exact) mass is 419 g/mol. The molecule has 0 fully saturated rings. The van der Waals surface area contributed by atoms with Gasteiger partial charge in [0, 0.05) is 11.7 Å². The third kappa shape index (κ3) is 34.2. The number of unbranched alkanes of at least 4 members (excludes halogenated alkanes) is 1. The molecule has 4 heteroatoms. The van der Waals surface area contributed by atoms with Gasteiger partial charge in [0.25, 0.3) is 0 Å². The van der Waals surface area contributed by atoms with Crippen molar-refractivity contribution in [2.75, 3.05) is 12.3 Å². The largest absolute Gasteiger partial charge is 0.550 e. The van der Waals surface area contributed by atoms with E-state index >= 15 is 0 Å². The molecule has 0 aliphatic carbocycles. The van der Waals surface area contributed by atoms with Gasteiger partial charge in [-0.15, -0.1) is 0 Å². The first kappa shape index (κ1) is 29.4. The van der Waals surface area contributed by atoms with Crippen LogP contribution in [0.3, 0.4) is 0 Å².